The number of amides is 2. The van der Waals surface area contributed by atoms with Gasteiger partial charge in [0.25, 0.3) is 0 Å². The lowest BCUT2D eigenvalue weighted by molar-refractivity contribution is 0.0276. The first-order chi connectivity index (χ1) is 14.7. The van der Waals surface area contributed by atoms with Gasteiger partial charge in [-0.25, -0.2) is 9.18 Å². The second-order valence-electron chi connectivity index (χ2n) is 7.59. The fourth-order valence-electron chi connectivity index (χ4n) is 2.77. The minimum absolute atomic E-state index is 0.0146. The summed E-state index contributed by atoms with van der Waals surface area (Å²) in [6.07, 6.45) is 3.39. The number of aliphatic hydroxyl groups is 1. The van der Waals surface area contributed by atoms with Crippen LogP contribution in [0.1, 0.15) is 13.8 Å². The van der Waals surface area contributed by atoms with Crippen LogP contribution < -0.4 is 24.4 Å². The lowest BCUT2D eigenvalue weighted by Gasteiger charge is -2.28. The molecule has 1 aliphatic heterocycles. The highest BCUT2D eigenvalue weighted by molar-refractivity contribution is 6.30. The molecule has 0 aliphatic carbocycles. The second-order valence-corrected chi connectivity index (χ2v) is 8.00. The van der Waals surface area contributed by atoms with Gasteiger partial charge < -0.3 is 24.6 Å². The van der Waals surface area contributed by atoms with Crippen molar-refractivity contribution in [3.05, 3.63) is 59.5 Å². The second kappa shape index (κ2) is 9.45. The number of ether oxygens (including phenoxy) is 3. The molecule has 0 spiro atoms. The van der Waals surface area contributed by atoms with Crippen molar-refractivity contribution in [3.8, 4) is 17.2 Å². The van der Waals surface area contributed by atoms with Gasteiger partial charge in [0.05, 0.1) is 29.5 Å². The van der Waals surface area contributed by atoms with E-state index in [4.69, 9.17) is 25.8 Å². The molecule has 2 aromatic carbocycles. The third kappa shape index (κ3) is 6.02. The number of halogens is 2. The molecule has 0 radical (unpaired) electrons. The predicted octanol–water partition coefficient (Wildman–Crippen LogP) is 4.13. The van der Waals surface area contributed by atoms with Crippen LogP contribution in [0.4, 0.5) is 14.9 Å². The van der Waals surface area contributed by atoms with Gasteiger partial charge in [-0.05, 0) is 44.2 Å². The molecule has 0 bridgehead atoms. The molecule has 1 aliphatic rings. The molecular weight excluding hydrogens is 427 g/mol. The van der Waals surface area contributed by atoms with Gasteiger partial charge in [-0.3, -0.25) is 4.90 Å². The van der Waals surface area contributed by atoms with Crippen LogP contribution in [0.15, 0.2) is 48.7 Å². The first-order valence-corrected chi connectivity index (χ1v) is 9.93. The Labute approximate surface area is 185 Å². The maximum atomic E-state index is 13.5. The van der Waals surface area contributed by atoms with Crippen LogP contribution in [0.2, 0.25) is 5.02 Å². The third-order valence-corrected chi connectivity index (χ3v) is 4.63. The van der Waals surface area contributed by atoms with Gasteiger partial charge >= 0.3 is 6.03 Å². The van der Waals surface area contributed by atoms with Gasteiger partial charge in [0.2, 0.25) is 0 Å². The number of urea groups is 1. The zero-order valence-electron chi connectivity index (χ0n) is 17.4. The number of anilines is 1. The van der Waals surface area contributed by atoms with Crippen molar-refractivity contribution in [2.24, 2.45) is 0 Å². The lowest BCUT2D eigenvalue weighted by atomic mass is 10.1. The van der Waals surface area contributed by atoms with Crippen LogP contribution in [-0.4, -0.2) is 43.1 Å². The average molecular weight is 451 g/mol. The van der Waals surface area contributed by atoms with Gasteiger partial charge in [0, 0.05) is 18.3 Å². The van der Waals surface area contributed by atoms with E-state index < -0.39 is 17.5 Å². The summed E-state index contributed by atoms with van der Waals surface area (Å²) >= 11 is 5.66. The Bertz CT molecular complexity index is 977. The SMILES string of the molecule is COc1cc(N2C=CC(COc3ccc(Cl)c(F)c3)NC2=O)ccc1OCC(C)(C)O. The summed E-state index contributed by atoms with van der Waals surface area (Å²) in [5.41, 5.74) is -0.422. The molecule has 3 rings (SSSR count). The van der Waals surface area contributed by atoms with Crippen molar-refractivity contribution < 1.29 is 28.5 Å². The fourth-order valence-corrected chi connectivity index (χ4v) is 2.88. The van der Waals surface area contributed by atoms with Crippen LogP contribution >= 0.6 is 11.6 Å². The number of nitrogens with one attached hydrogen (secondary N) is 1. The van der Waals surface area contributed by atoms with Gasteiger partial charge in [-0.2, -0.15) is 0 Å². The molecule has 1 heterocycles. The van der Waals surface area contributed by atoms with Crippen molar-refractivity contribution in [2.45, 2.75) is 25.5 Å². The van der Waals surface area contributed by atoms with Gasteiger partial charge in [0.15, 0.2) is 11.5 Å². The highest BCUT2D eigenvalue weighted by Crippen LogP contribution is 2.33. The molecular formula is C22H24ClFN2O5. The van der Waals surface area contributed by atoms with Crippen LogP contribution in [0.5, 0.6) is 17.2 Å². The number of carbonyl (C=O) groups is 1. The number of benzene rings is 2. The molecule has 31 heavy (non-hydrogen) atoms. The van der Waals surface area contributed by atoms with E-state index in [0.717, 1.165) is 0 Å². The fraction of sp³-hybridized carbons (Fsp3) is 0.318. The highest BCUT2D eigenvalue weighted by atomic mass is 35.5. The van der Waals surface area contributed by atoms with Gasteiger partial charge in [-0.1, -0.05) is 11.6 Å². The predicted molar refractivity (Wildman–Crippen MR) is 116 cm³/mol. The summed E-state index contributed by atoms with van der Waals surface area (Å²) in [4.78, 5) is 14.0. The van der Waals surface area contributed by atoms with Crippen molar-refractivity contribution in [2.75, 3.05) is 25.2 Å². The third-order valence-electron chi connectivity index (χ3n) is 4.32. The number of hydrogen-bond donors (Lipinski definition) is 2. The Hall–Kier alpha value is -2.97. The maximum absolute atomic E-state index is 13.5. The van der Waals surface area contributed by atoms with E-state index in [1.54, 1.807) is 50.4 Å². The number of carbonyl (C=O) groups excluding carboxylic acids is 1. The van der Waals surface area contributed by atoms with Crippen LogP contribution in [0.25, 0.3) is 0 Å². The van der Waals surface area contributed by atoms with E-state index in [1.165, 1.54) is 24.1 Å². The first-order valence-electron chi connectivity index (χ1n) is 9.55. The standard InChI is InChI=1S/C22H24ClFN2O5/c1-22(2,28)13-31-19-7-4-15(10-20(19)29-3)26-9-8-14(25-21(26)27)12-30-16-5-6-17(23)18(24)11-16/h4-11,14,28H,12-13H2,1-3H3,(H,25,27). The minimum Gasteiger partial charge on any atom is -0.493 e. The molecule has 0 saturated heterocycles. The van der Waals surface area contributed by atoms with E-state index in [1.807, 2.05) is 0 Å². The molecule has 0 saturated carbocycles. The Balaban J connectivity index is 1.66. The van der Waals surface area contributed by atoms with Crippen molar-refractivity contribution in [1.82, 2.24) is 5.32 Å². The topological polar surface area (TPSA) is 80.3 Å². The smallest absolute Gasteiger partial charge is 0.326 e. The van der Waals surface area contributed by atoms with Crippen molar-refractivity contribution in [3.63, 3.8) is 0 Å². The van der Waals surface area contributed by atoms with E-state index in [2.05, 4.69) is 5.32 Å². The molecule has 0 fully saturated rings. The zero-order valence-corrected chi connectivity index (χ0v) is 18.1. The van der Waals surface area contributed by atoms with Crippen LogP contribution in [-0.2, 0) is 0 Å². The Morgan fingerprint density at radius 3 is 2.61 bits per heavy atom. The van der Waals surface area contributed by atoms with Crippen molar-refractivity contribution in [1.29, 1.82) is 0 Å². The lowest BCUT2D eigenvalue weighted by Crippen LogP contribution is -2.48. The number of rotatable bonds is 8. The first kappa shape index (κ1) is 22.7. The Kier molecular flexibility index (Phi) is 6.92. The molecule has 2 N–H and O–H groups in total. The molecule has 0 aromatic heterocycles. The zero-order chi connectivity index (χ0) is 22.6. The Morgan fingerprint density at radius 1 is 1.19 bits per heavy atom. The number of nitrogens with zero attached hydrogens (tertiary/aromatic N) is 1. The molecule has 1 unspecified atom stereocenters. The summed E-state index contributed by atoms with van der Waals surface area (Å²) < 4.78 is 30.0. The average Bonchev–Trinajstić information content (AvgIpc) is 2.72. The van der Waals surface area contributed by atoms with Crippen LogP contribution in [0, 0.1) is 5.82 Å². The van der Waals surface area contributed by atoms with Crippen LogP contribution in [0.3, 0.4) is 0 Å². The van der Waals surface area contributed by atoms with E-state index in [9.17, 15) is 14.3 Å². The molecule has 7 nitrogen and oxygen atoms in total. The van der Waals surface area contributed by atoms with Gasteiger partial charge in [-0.15, -0.1) is 0 Å². The number of methoxy groups -OCH3 is 1. The molecule has 9 heteroatoms. The summed E-state index contributed by atoms with van der Waals surface area (Å²) in [6.45, 7) is 3.50. The summed E-state index contributed by atoms with van der Waals surface area (Å²) in [5.74, 6) is 0.630. The summed E-state index contributed by atoms with van der Waals surface area (Å²) in [7, 11) is 1.50. The quantitative estimate of drug-likeness (QED) is 0.632. The van der Waals surface area contributed by atoms with E-state index in [-0.39, 0.29) is 24.3 Å². The van der Waals surface area contributed by atoms with Gasteiger partial charge in [0.1, 0.15) is 24.8 Å². The molecule has 1 atom stereocenters. The molecule has 166 valence electrons. The Morgan fingerprint density at radius 2 is 1.97 bits per heavy atom. The highest BCUT2D eigenvalue weighted by Gasteiger charge is 2.23. The normalized spacial score (nSPS) is 16.1. The molecule has 2 aromatic rings. The minimum atomic E-state index is -0.992. The summed E-state index contributed by atoms with van der Waals surface area (Å²) in [6, 6.07) is 8.45. The largest absolute Gasteiger partial charge is 0.493 e. The van der Waals surface area contributed by atoms with E-state index >= 15 is 0 Å². The summed E-state index contributed by atoms with van der Waals surface area (Å²) in [5, 5.41) is 12.7. The van der Waals surface area contributed by atoms with Crippen molar-refractivity contribution >= 4 is 23.3 Å². The number of hydrogen-bond acceptors (Lipinski definition) is 5. The molecule has 2 amide bonds. The maximum Gasteiger partial charge on any atom is 0.326 e. The van der Waals surface area contributed by atoms with E-state index in [0.29, 0.717) is 22.9 Å². The monoisotopic (exact) mass is 450 g/mol.